The molecule has 31 heavy (non-hydrogen) atoms. The topological polar surface area (TPSA) is 97.0 Å². The van der Waals surface area contributed by atoms with E-state index in [4.69, 9.17) is 0 Å². The number of carbonyl (C=O) groups excluding carboxylic acids is 1. The van der Waals surface area contributed by atoms with Crippen molar-refractivity contribution in [1.82, 2.24) is 15.0 Å². The zero-order chi connectivity index (χ0) is 22.3. The molecule has 162 valence electrons. The van der Waals surface area contributed by atoms with Crippen LogP contribution in [0.4, 0.5) is 18.9 Å². The number of halogens is 3. The number of aromatic amines is 1. The maximum absolute atomic E-state index is 13.7. The second kappa shape index (κ2) is 7.68. The van der Waals surface area contributed by atoms with Crippen molar-refractivity contribution in [2.75, 3.05) is 12.4 Å². The van der Waals surface area contributed by atoms with Gasteiger partial charge < -0.3 is 15.0 Å². The van der Waals surface area contributed by atoms with Gasteiger partial charge in [0.25, 0.3) is 5.56 Å². The normalized spacial score (nSPS) is 14.0. The molecule has 1 aromatic carbocycles. The first-order chi connectivity index (χ1) is 14.7. The van der Waals surface area contributed by atoms with E-state index in [1.165, 1.54) is 26.2 Å². The Bertz CT molecular complexity index is 1230. The zero-order valence-corrected chi connectivity index (χ0v) is 16.8. The molecule has 3 aromatic rings. The minimum absolute atomic E-state index is 0.0138. The molecule has 1 aliphatic rings. The van der Waals surface area contributed by atoms with Gasteiger partial charge in [-0.3, -0.25) is 4.79 Å². The molecular formula is C21H19F3N4O3. The third-order valence-electron chi connectivity index (χ3n) is 5.11. The van der Waals surface area contributed by atoms with E-state index < -0.39 is 23.3 Å². The molecule has 0 aliphatic heterocycles. The number of nitrogens with zero attached hydrogens (tertiary/aromatic N) is 2. The number of hydrogen-bond acceptors (Lipinski definition) is 6. The number of H-pyrrole nitrogens is 1. The first-order valence-corrected chi connectivity index (χ1v) is 9.61. The summed E-state index contributed by atoms with van der Waals surface area (Å²) in [4.78, 5) is 34.8. The Balaban J connectivity index is 1.72. The van der Waals surface area contributed by atoms with Crippen molar-refractivity contribution in [2.24, 2.45) is 0 Å². The number of ether oxygens (including phenoxy) is 1. The molecule has 4 rings (SSSR count). The quantitative estimate of drug-likeness (QED) is 0.593. The average molecular weight is 432 g/mol. The fraction of sp³-hybridized carbons (Fsp3) is 0.333. The van der Waals surface area contributed by atoms with E-state index in [0.717, 1.165) is 18.9 Å². The average Bonchev–Trinajstić information content (AvgIpc) is 3.55. The Labute approximate surface area is 174 Å². The van der Waals surface area contributed by atoms with Gasteiger partial charge in [0.05, 0.1) is 35.0 Å². The second-order valence-electron chi connectivity index (χ2n) is 7.42. The van der Waals surface area contributed by atoms with E-state index in [9.17, 15) is 22.8 Å². The molecule has 0 saturated heterocycles. The molecule has 0 unspecified atom stereocenters. The SMILES string of the molecule is COC(=O)c1ccc(NCc2cc3c(=O)[nH]c(C)nc3cc2C(F)(F)F)c(C2CC2)n1. The van der Waals surface area contributed by atoms with Crippen LogP contribution >= 0.6 is 0 Å². The van der Waals surface area contributed by atoms with Crippen LogP contribution in [0.25, 0.3) is 10.9 Å². The zero-order valence-electron chi connectivity index (χ0n) is 16.8. The molecule has 1 aliphatic carbocycles. The van der Waals surface area contributed by atoms with Gasteiger partial charge in [0, 0.05) is 12.5 Å². The van der Waals surface area contributed by atoms with Gasteiger partial charge in [-0.1, -0.05) is 0 Å². The number of rotatable bonds is 5. The summed E-state index contributed by atoms with van der Waals surface area (Å²) in [5.41, 5.74) is -0.163. The number of fused-ring (bicyclic) bond motifs is 1. The number of esters is 1. The lowest BCUT2D eigenvalue weighted by molar-refractivity contribution is -0.138. The van der Waals surface area contributed by atoms with Gasteiger partial charge in [-0.05, 0) is 49.6 Å². The molecule has 2 aromatic heterocycles. The number of aromatic nitrogens is 3. The number of benzene rings is 1. The van der Waals surface area contributed by atoms with Gasteiger partial charge in [0.1, 0.15) is 11.5 Å². The molecule has 0 radical (unpaired) electrons. The van der Waals surface area contributed by atoms with Gasteiger partial charge >= 0.3 is 12.1 Å². The summed E-state index contributed by atoms with van der Waals surface area (Å²) >= 11 is 0. The first kappa shape index (κ1) is 20.8. The highest BCUT2D eigenvalue weighted by Crippen LogP contribution is 2.43. The van der Waals surface area contributed by atoms with Gasteiger partial charge in [-0.15, -0.1) is 0 Å². The lowest BCUT2D eigenvalue weighted by atomic mass is 10.0. The molecule has 1 saturated carbocycles. The van der Waals surface area contributed by atoms with Crippen LogP contribution < -0.4 is 10.9 Å². The molecule has 0 amide bonds. The number of anilines is 1. The third kappa shape index (κ3) is 4.23. The monoisotopic (exact) mass is 432 g/mol. The highest BCUT2D eigenvalue weighted by molar-refractivity contribution is 5.87. The number of alkyl halides is 3. The van der Waals surface area contributed by atoms with Gasteiger partial charge in [-0.2, -0.15) is 13.2 Å². The molecule has 10 heteroatoms. The fourth-order valence-electron chi connectivity index (χ4n) is 3.46. The smallest absolute Gasteiger partial charge is 0.416 e. The summed E-state index contributed by atoms with van der Waals surface area (Å²) in [6.45, 7) is 1.32. The number of carbonyl (C=O) groups is 1. The predicted molar refractivity (Wildman–Crippen MR) is 107 cm³/mol. The van der Waals surface area contributed by atoms with Crippen LogP contribution in [0, 0.1) is 6.92 Å². The Morgan fingerprint density at radius 1 is 1.26 bits per heavy atom. The molecule has 2 N–H and O–H groups in total. The van der Waals surface area contributed by atoms with Crippen molar-refractivity contribution in [3.8, 4) is 0 Å². The van der Waals surface area contributed by atoms with E-state index in [0.29, 0.717) is 11.4 Å². The van der Waals surface area contributed by atoms with Crippen LogP contribution in [-0.4, -0.2) is 28.0 Å². The van der Waals surface area contributed by atoms with Crippen LogP contribution in [-0.2, 0) is 17.5 Å². The van der Waals surface area contributed by atoms with Gasteiger partial charge in [0.15, 0.2) is 0 Å². The van der Waals surface area contributed by atoms with E-state index in [-0.39, 0.29) is 40.4 Å². The number of hydrogen-bond donors (Lipinski definition) is 2. The van der Waals surface area contributed by atoms with Gasteiger partial charge in [0.2, 0.25) is 0 Å². The molecule has 0 atom stereocenters. The van der Waals surface area contributed by atoms with E-state index in [1.54, 1.807) is 6.07 Å². The lowest BCUT2D eigenvalue weighted by Crippen LogP contribution is -2.16. The van der Waals surface area contributed by atoms with Crippen molar-refractivity contribution in [1.29, 1.82) is 0 Å². The fourth-order valence-corrected chi connectivity index (χ4v) is 3.46. The Morgan fingerprint density at radius 3 is 2.65 bits per heavy atom. The molecule has 0 spiro atoms. The number of methoxy groups -OCH3 is 1. The van der Waals surface area contributed by atoms with Crippen molar-refractivity contribution in [3.05, 3.63) is 63.0 Å². The maximum Gasteiger partial charge on any atom is 0.416 e. The minimum atomic E-state index is -4.62. The van der Waals surface area contributed by atoms with Crippen LogP contribution in [0.1, 0.15) is 51.9 Å². The number of nitrogens with one attached hydrogen (secondary N) is 2. The predicted octanol–water partition coefficient (Wildman–Crippen LogP) is 3.92. The highest BCUT2D eigenvalue weighted by atomic mass is 19.4. The summed E-state index contributed by atoms with van der Waals surface area (Å²) in [7, 11) is 1.25. The van der Waals surface area contributed by atoms with E-state index in [2.05, 4.69) is 25.0 Å². The van der Waals surface area contributed by atoms with Crippen molar-refractivity contribution < 1.29 is 22.7 Å². The van der Waals surface area contributed by atoms with Crippen molar-refractivity contribution in [3.63, 3.8) is 0 Å². The molecule has 2 heterocycles. The molecular weight excluding hydrogens is 413 g/mol. The number of aryl methyl sites for hydroxylation is 1. The Morgan fingerprint density at radius 2 is 2.00 bits per heavy atom. The standard InChI is InChI=1S/C21H19F3N4O3/c1-10-26-17-8-14(21(22,23)24)12(7-13(17)19(29)27-10)9-25-15-5-6-16(20(30)31-2)28-18(15)11-3-4-11/h5-8,11,25H,3-4,9H2,1-2H3,(H,26,27,29). The van der Waals surface area contributed by atoms with Crippen LogP contribution in [0.15, 0.2) is 29.1 Å². The van der Waals surface area contributed by atoms with Crippen molar-refractivity contribution >= 4 is 22.6 Å². The molecule has 7 nitrogen and oxygen atoms in total. The van der Waals surface area contributed by atoms with Crippen LogP contribution in [0.3, 0.4) is 0 Å². The summed E-state index contributed by atoms with van der Waals surface area (Å²) in [5, 5.41) is 3.08. The Kier molecular flexibility index (Phi) is 5.16. The van der Waals surface area contributed by atoms with E-state index >= 15 is 0 Å². The second-order valence-corrected chi connectivity index (χ2v) is 7.42. The summed E-state index contributed by atoms with van der Waals surface area (Å²) in [6, 6.07) is 5.18. The summed E-state index contributed by atoms with van der Waals surface area (Å²) in [5.74, 6) is -0.201. The van der Waals surface area contributed by atoms with Crippen molar-refractivity contribution in [2.45, 2.75) is 38.4 Å². The van der Waals surface area contributed by atoms with E-state index in [1.807, 2.05) is 0 Å². The highest BCUT2D eigenvalue weighted by Gasteiger charge is 2.34. The van der Waals surface area contributed by atoms with Crippen LogP contribution in [0.5, 0.6) is 0 Å². The molecule has 0 bridgehead atoms. The third-order valence-corrected chi connectivity index (χ3v) is 5.11. The van der Waals surface area contributed by atoms with Crippen LogP contribution in [0.2, 0.25) is 0 Å². The first-order valence-electron chi connectivity index (χ1n) is 9.61. The summed E-state index contributed by atoms with van der Waals surface area (Å²) < 4.78 is 45.8. The Hall–Kier alpha value is -3.43. The summed E-state index contributed by atoms with van der Waals surface area (Å²) in [6.07, 6.45) is -2.84. The van der Waals surface area contributed by atoms with Gasteiger partial charge in [-0.25, -0.2) is 14.8 Å². The lowest BCUT2D eigenvalue weighted by Gasteiger charge is -2.17. The minimum Gasteiger partial charge on any atom is -0.464 e. The molecule has 1 fully saturated rings. The number of pyridine rings is 1. The largest absolute Gasteiger partial charge is 0.464 e. The maximum atomic E-state index is 13.7.